The molecule has 2 amide bonds. The molecule has 2 saturated heterocycles. The van der Waals surface area contributed by atoms with Crippen LogP contribution in [0.15, 0.2) is 133 Å². The highest BCUT2D eigenvalue weighted by molar-refractivity contribution is 5.89. The first-order valence-corrected chi connectivity index (χ1v) is 21.1. The van der Waals surface area contributed by atoms with Gasteiger partial charge in [-0.2, -0.15) is 0 Å². The summed E-state index contributed by atoms with van der Waals surface area (Å²) in [6, 6.07) is 37.9. The van der Waals surface area contributed by atoms with Crippen LogP contribution in [-0.4, -0.2) is 73.2 Å². The van der Waals surface area contributed by atoms with E-state index in [2.05, 4.69) is 130 Å². The van der Waals surface area contributed by atoms with Crippen LogP contribution in [0, 0.1) is 10.8 Å². The maximum Gasteiger partial charge on any atom is 0.221 e. The summed E-state index contributed by atoms with van der Waals surface area (Å²) in [7, 11) is 0. The summed E-state index contributed by atoms with van der Waals surface area (Å²) in [6.45, 7) is 10.7. The summed E-state index contributed by atoms with van der Waals surface area (Å²) in [6.07, 6.45) is 16.1. The van der Waals surface area contributed by atoms with E-state index in [-0.39, 0.29) is 34.9 Å². The second-order valence-corrected chi connectivity index (χ2v) is 16.7. The van der Waals surface area contributed by atoms with Gasteiger partial charge in [-0.3, -0.25) is 19.4 Å². The third kappa shape index (κ3) is 11.2. The zero-order chi connectivity index (χ0) is 40.2. The van der Waals surface area contributed by atoms with E-state index < -0.39 is 0 Å². The molecule has 4 heterocycles. The highest BCUT2D eigenvalue weighted by atomic mass is 16.5. The van der Waals surface area contributed by atoms with Gasteiger partial charge >= 0.3 is 0 Å². The second-order valence-electron chi connectivity index (χ2n) is 16.7. The van der Waals surface area contributed by atoms with Gasteiger partial charge in [-0.1, -0.05) is 109 Å². The van der Waals surface area contributed by atoms with E-state index >= 15 is 0 Å². The summed E-state index contributed by atoms with van der Waals surface area (Å²) in [4.78, 5) is 27.5. The number of likely N-dealkylation sites (tertiary alicyclic amines) is 2. The van der Waals surface area contributed by atoms with Crippen molar-refractivity contribution in [3.05, 3.63) is 156 Å². The van der Waals surface area contributed by atoms with Gasteiger partial charge in [0.1, 0.15) is 0 Å². The molecule has 0 aliphatic carbocycles. The van der Waals surface area contributed by atoms with Crippen molar-refractivity contribution in [2.24, 2.45) is 10.8 Å². The lowest BCUT2D eigenvalue weighted by molar-refractivity contribution is -0.115. The SMILES string of the molecule is CC(=O)Nc1ccc(CN2CCC(CCc3ccccc3)([C@@H]3C=CCO3)C2)cc1.CC(=O)Nc1ccc(CN2CC[C@](CCc3ccccc3)([C@@H]3C=CCO3)C2)cc1. The molecule has 4 aliphatic rings. The molecule has 8 rings (SSSR count). The van der Waals surface area contributed by atoms with Crippen molar-refractivity contribution in [2.75, 3.05) is 50.0 Å². The lowest BCUT2D eigenvalue weighted by Gasteiger charge is -2.34. The molecule has 8 heteroatoms. The van der Waals surface area contributed by atoms with Crippen LogP contribution < -0.4 is 10.6 Å². The fraction of sp³-hybridized carbons (Fsp3) is 0.400. The molecule has 4 aliphatic heterocycles. The predicted molar refractivity (Wildman–Crippen MR) is 233 cm³/mol. The van der Waals surface area contributed by atoms with Crippen molar-refractivity contribution >= 4 is 23.2 Å². The van der Waals surface area contributed by atoms with Crippen LogP contribution in [0.2, 0.25) is 0 Å². The molecule has 4 aromatic carbocycles. The van der Waals surface area contributed by atoms with Crippen molar-refractivity contribution in [2.45, 2.75) is 77.7 Å². The van der Waals surface area contributed by atoms with E-state index in [0.717, 1.165) is 89.5 Å². The number of nitrogens with one attached hydrogen (secondary N) is 2. The Morgan fingerprint density at radius 1 is 0.569 bits per heavy atom. The van der Waals surface area contributed by atoms with Crippen LogP contribution in [0.25, 0.3) is 0 Å². The average molecular weight is 781 g/mol. The van der Waals surface area contributed by atoms with E-state index in [1.54, 1.807) is 0 Å². The maximum atomic E-state index is 11.2. The maximum absolute atomic E-state index is 11.2. The number of hydrogen-bond acceptors (Lipinski definition) is 6. The standard InChI is InChI=1S/2C25H30N2O2/c2*1-20(28)26-23-11-9-22(10-12-23)18-27-16-15-25(19-27,24-8-5-17-29-24)14-13-21-6-3-2-4-7-21/h2*2-12,24H,13-19H2,1H3,(H,26,28)/t24-,25?;24-,25-/m00/s1. The number of benzene rings is 4. The van der Waals surface area contributed by atoms with Gasteiger partial charge in [0.05, 0.1) is 25.4 Å². The minimum Gasteiger partial charge on any atom is -0.369 e. The van der Waals surface area contributed by atoms with Crippen LogP contribution in [0.3, 0.4) is 0 Å². The summed E-state index contributed by atoms with van der Waals surface area (Å²) >= 11 is 0. The fourth-order valence-corrected chi connectivity index (χ4v) is 9.33. The molecule has 4 atom stereocenters. The van der Waals surface area contributed by atoms with E-state index in [1.165, 1.54) is 48.9 Å². The Morgan fingerprint density at radius 3 is 1.31 bits per heavy atom. The van der Waals surface area contributed by atoms with Crippen LogP contribution >= 0.6 is 0 Å². The van der Waals surface area contributed by atoms with E-state index in [9.17, 15) is 9.59 Å². The molecule has 0 aromatic heterocycles. The quantitative estimate of drug-likeness (QED) is 0.125. The predicted octanol–water partition coefficient (Wildman–Crippen LogP) is 8.85. The Balaban J connectivity index is 0.000000177. The smallest absolute Gasteiger partial charge is 0.221 e. The molecule has 0 saturated carbocycles. The molecular weight excluding hydrogens is 721 g/mol. The van der Waals surface area contributed by atoms with E-state index in [1.807, 2.05) is 24.3 Å². The van der Waals surface area contributed by atoms with Gasteiger partial charge in [0, 0.05) is 62.2 Å². The molecule has 0 spiro atoms. The minimum absolute atomic E-state index is 0.0369. The van der Waals surface area contributed by atoms with Gasteiger partial charge in [0.25, 0.3) is 0 Å². The molecule has 0 bridgehead atoms. The first-order chi connectivity index (χ1) is 28.3. The van der Waals surface area contributed by atoms with Gasteiger partial charge in [-0.05, 0) is 98.1 Å². The molecular formula is C50H60N4O4. The largest absolute Gasteiger partial charge is 0.369 e. The molecule has 8 nitrogen and oxygen atoms in total. The van der Waals surface area contributed by atoms with Gasteiger partial charge in [-0.15, -0.1) is 0 Å². The molecule has 1 unspecified atom stereocenters. The molecule has 2 fully saturated rings. The van der Waals surface area contributed by atoms with Crippen molar-refractivity contribution in [1.29, 1.82) is 0 Å². The molecule has 58 heavy (non-hydrogen) atoms. The first-order valence-electron chi connectivity index (χ1n) is 21.1. The second kappa shape index (κ2) is 19.7. The Hall–Kier alpha value is -4.86. The van der Waals surface area contributed by atoms with Gasteiger partial charge < -0.3 is 20.1 Å². The average Bonchev–Trinajstić information content (AvgIpc) is 4.08. The highest BCUT2D eigenvalue weighted by Crippen LogP contribution is 2.43. The lowest BCUT2D eigenvalue weighted by Crippen LogP contribution is -2.38. The van der Waals surface area contributed by atoms with Crippen molar-refractivity contribution in [1.82, 2.24) is 9.80 Å². The van der Waals surface area contributed by atoms with Crippen molar-refractivity contribution in [3.8, 4) is 0 Å². The third-order valence-corrected chi connectivity index (χ3v) is 12.4. The number of carbonyl (C=O) groups is 2. The third-order valence-electron chi connectivity index (χ3n) is 12.4. The number of aryl methyl sites for hydroxylation is 2. The number of amides is 2. The van der Waals surface area contributed by atoms with Crippen LogP contribution in [0.4, 0.5) is 11.4 Å². The summed E-state index contributed by atoms with van der Waals surface area (Å²) in [5.74, 6) is -0.0739. The van der Waals surface area contributed by atoms with Gasteiger partial charge in [0.15, 0.2) is 0 Å². The van der Waals surface area contributed by atoms with Crippen LogP contribution in [0.5, 0.6) is 0 Å². The highest BCUT2D eigenvalue weighted by Gasteiger charge is 2.45. The minimum atomic E-state index is -0.0369. The summed E-state index contributed by atoms with van der Waals surface area (Å²) in [5.41, 5.74) is 7.43. The normalized spacial score (nSPS) is 24.1. The number of ether oxygens (including phenoxy) is 2. The van der Waals surface area contributed by atoms with Crippen LogP contribution in [0.1, 0.15) is 61.8 Å². The van der Waals surface area contributed by atoms with Gasteiger partial charge in [-0.25, -0.2) is 0 Å². The number of rotatable bonds is 14. The number of anilines is 2. The number of carbonyl (C=O) groups excluding carboxylic acids is 2. The zero-order valence-electron chi connectivity index (χ0n) is 34.3. The first kappa shape index (κ1) is 41.3. The topological polar surface area (TPSA) is 83.1 Å². The van der Waals surface area contributed by atoms with Crippen LogP contribution in [-0.2, 0) is 45.0 Å². The number of nitrogens with zero attached hydrogens (tertiary/aromatic N) is 2. The summed E-state index contributed by atoms with van der Waals surface area (Å²) < 4.78 is 12.2. The zero-order valence-corrected chi connectivity index (χ0v) is 34.3. The van der Waals surface area contributed by atoms with E-state index in [4.69, 9.17) is 9.47 Å². The monoisotopic (exact) mass is 780 g/mol. The Labute approximate surface area is 345 Å². The summed E-state index contributed by atoms with van der Waals surface area (Å²) in [5, 5.41) is 5.66. The Kier molecular flexibility index (Phi) is 14.0. The molecule has 2 N–H and O–H groups in total. The van der Waals surface area contributed by atoms with Crippen molar-refractivity contribution in [3.63, 3.8) is 0 Å². The molecule has 0 radical (unpaired) electrons. The van der Waals surface area contributed by atoms with E-state index in [0.29, 0.717) is 0 Å². The fourth-order valence-electron chi connectivity index (χ4n) is 9.33. The Morgan fingerprint density at radius 2 is 0.966 bits per heavy atom. The van der Waals surface area contributed by atoms with Crippen molar-refractivity contribution < 1.29 is 19.1 Å². The Bertz CT molecular complexity index is 1840. The number of hydrogen-bond donors (Lipinski definition) is 2. The molecule has 304 valence electrons. The lowest BCUT2D eigenvalue weighted by atomic mass is 9.76. The van der Waals surface area contributed by atoms with Gasteiger partial charge in [0.2, 0.25) is 11.8 Å². The molecule has 4 aromatic rings.